The summed E-state index contributed by atoms with van der Waals surface area (Å²) in [6.45, 7) is 4.07. The summed E-state index contributed by atoms with van der Waals surface area (Å²) in [6, 6.07) is 15.2. The SMILES string of the molecule is CCNC(=NCc1ccc(C(F)(F)F)cc1)NCc1nccn1Cc1ccccc1.I. The van der Waals surface area contributed by atoms with Crippen LogP contribution in [0.1, 0.15) is 29.4 Å². The highest BCUT2D eigenvalue weighted by molar-refractivity contribution is 14.0. The molecule has 9 heteroatoms. The van der Waals surface area contributed by atoms with Gasteiger partial charge in [0.2, 0.25) is 0 Å². The third kappa shape index (κ3) is 7.57. The highest BCUT2D eigenvalue weighted by Gasteiger charge is 2.29. The highest BCUT2D eigenvalue weighted by atomic mass is 127. The summed E-state index contributed by atoms with van der Waals surface area (Å²) < 4.78 is 40.1. The first-order valence-corrected chi connectivity index (χ1v) is 9.68. The number of nitrogens with zero attached hydrogens (tertiary/aromatic N) is 3. The first kappa shape index (κ1) is 24.7. The van der Waals surface area contributed by atoms with Gasteiger partial charge in [-0.05, 0) is 30.2 Å². The van der Waals surface area contributed by atoms with E-state index < -0.39 is 11.7 Å². The van der Waals surface area contributed by atoms with Crippen molar-refractivity contribution in [2.45, 2.75) is 32.7 Å². The van der Waals surface area contributed by atoms with Crippen LogP contribution >= 0.6 is 24.0 Å². The van der Waals surface area contributed by atoms with E-state index in [1.165, 1.54) is 17.7 Å². The average Bonchev–Trinajstić information content (AvgIpc) is 3.17. The molecule has 0 unspecified atom stereocenters. The molecule has 0 radical (unpaired) electrons. The first-order valence-electron chi connectivity index (χ1n) is 9.68. The monoisotopic (exact) mass is 543 g/mol. The van der Waals surface area contributed by atoms with Gasteiger partial charge in [-0.25, -0.2) is 9.98 Å². The standard InChI is InChI=1S/C22H24F3N5.HI/c1-2-26-21(28-14-17-8-10-19(11-9-17)22(23,24)25)29-15-20-27-12-13-30(20)16-18-6-4-3-5-7-18;/h3-13H,2,14-16H2,1H3,(H2,26,28,29);1H. The predicted octanol–water partition coefficient (Wildman–Crippen LogP) is 4.82. The van der Waals surface area contributed by atoms with Crippen molar-refractivity contribution in [1.29, 1.82) is 0 Å². The van der Waals surface area contributed by atoms with Crippen LogP contribution in [0.15, 0.2) is 72.0 Å². The lowest BCUT2D eigenvalue weighted by molar-refractivity contribution is -0.137. The lowest BCUT2D eigenvalue weighted by atomic mass is 10.1. The molecule has 0 amide bonds. The number of nitrogens with one attached hydrogen (secondary N) is 2. The first-order chi connectivity index (χ1) is 14.5. The lowest BCUT2D eigenvalue weighted by Crippen LogP contribution is -2.37. The van der Waals surface area contributed by atoms with Crippen LogP contribution in [-0.4, -0.2) is 22.1 Å². The van der Waals surface area contributed by atoms with Gasteiger partial charge in [0.05, 0.1) is 18.7 Å². The van der Waals surface area contributed by atoms with E-state index in [9.17, 15) is 13.2 Å². The summed E-state index contributed by atoms with van der Waals surface area (Å²) in [7, 11) is 0. The number of rotatable bonds is 7. The fourth-order valence-electron chi connectivity index (χ4n) is 2.91. The number of halogens is 4. The third-order valence-electron chi connectivity index (χ3n) is 4.46. The van der Waals surface area contributed by atoms with E-state index in [1.807, 2.05) is 31.3 Å². The van der Waals surface area contributed by atoms with Crippen molar-refractivity contribution in [3.05, 3.63) is 89.5 Å². The Balaban J connectivity index is 0.00000341. The van der Waals surface area contributed by atoms with Gasteiger partial charge in [0.15, 0.2) is 5.96 Å². The maximum absolute atomic E-state index is 12.7. The van der Waals surface area contributed by atoms with Gasteiger partial charge in [-0.3, -0.25) is 0 Å². The maximum atomic E-state index is 12.7. The molecular formula is C22H25F3IN5. The Morgan fingerprint density at radius 1 is 1.00 bits per heavy atom. The van der Waals surface area contributed by atoms with Crippen LogP contribution in [0.25, 0.3) is 0 Å². The highest BCUT2D eigenvalue weighted by Crippen LogP contribution is 2.29. The molecule has 1 aromatic heterocycles. The van der Waals surface area contributed by atoms with Gasteiger partial charge < -0.3 is 15.2 Å². The minimum absolute atomic E-state index is 0. The second-order valence-corrected chi connectivity index (χ2v) is 6.70. The third-order valence-corrected chi connectivity index (χ3v) is 4.46. The molecule has 3 rings (SSSR count). The molecule has 0 atom stereocenters. The number of imidazole rings is 1. The summed E-state index contributed by atoms with van der Waals surface area (Å²) >= 11 is 0. The van der Waals surface area contributed by atoms with Crippen LogP contribution in [0.3, 0.4) is 0 Å². The Kier molecular flexibility index (Phi) is 9.35. The molecule has 2 N–H and O–H groups in total. The minimum Gasteiger partial charge on any atom is -0.357 e. The molecule has 3 aromatic rings. The maximum Gasteiger partial charge on any atom is 0.416 e. The Morgan fingerprint density at radius 2 is 1.71 bits per heavy atom. The number of alkyl halides is 3. The zero-order chi connectivity index (χ0) is 21.4. The summed E-state index contributed by atoms with van der Waals surface area (Å²) in [5.41, 5.74) is 1.22. The molecule has 0 bridgehead atoms. The second-order valence-electron chi connectivity index (χ2n) is 6.70. The summed E-state index contributed by atoms with van der Waals surface area (Å²) in [5.74, 6) is 1.44. The van der Waals surface area contributed by atoms with Crippen molar-refractivity contribution in [1.82, 2.24) is 20.2 Å². The van der Waals surface area contributed by atoms with Crippen molar-refractivity contribution in [2.24, 2.45) is 4.99 Å². The van der Waals surface area contributed by atoms with Crippen molar-refractivity contribution in [3.8, 4) is 0 Å². The quantitative estimate of drug-likeness (QED) is 0.255. The number of hydrogen-bond donors (Lipinski definition) is 2. The fourth-order valence-corrected chi connectivity index (χ4v) is 2.91. The summed E-state index contributed by atoms with van der Waals surface area (Å²) in [6.07, 6.45) is -0.650. The molecule has 0 spiro atoms. The lowest BCUT2D eigenvalue weighted by Gasteiger charge is -2.13. The molecule has 31 heavy (non-hydrogen) atoms. The van der Waals surface area contributed by atoms with Crippen LogP contribution in [0, 0.1) is 0 Å². The van der Waals surface area contributed by atoms with Gasteiger partial charge >= 0.3 is 6.18 Å². The molecule has 2 aromatic carbocycles. The number of aliphatic imine (C=N–C) groups is 1. The van der Waals surface area contributed by atoms with E-state index in [0.717, 1.165) is 24.5 Å². The van der Waals surface area contributed by atoms with Crippen LogP contribution in [0.4, 0.5) is 13.2 Å². The van der Waals surface area contributed by atoms with E-state index in [-0.39, 0.29) is 30.5 Å². The zero-order valence-electron chi connectivity index (χ0n) is 17.1. The largest absolute Gasteiger partial charge is 0.416 e. The number of guanidine groups is 1. The van der Waals surface area contributed by atoms with Gasteiger partial charge in [-0.15, -0.1) is 24.0 Å². The molecule has 1 heterocycles. The fraction of sp³-hybridized carbons (Fsp3) is 0.273. The van der Waals surface area contributed by atoms with Crippen LogP contribution in [0.5, 0.6) is 0 Å². The molecule has 0 aliphatic heterocycles. The Morgan fingerprint density at radius 3 is 2.35 bits per heavy atom. The second kappa shape index (κ2) is 11.7. The minimum atomic E-state index is -4.33. The Labute approximate surface area is 196 Å². The molecule has 5 nitrogen and oxygen atoms in total. The zero-order valence-corrected chi connectivity index (χ0v) is 19.4. The predicted molar refractivity (Wildman–Crippen MR) is 126 cm³/mol. The summed E-state index contributed by atoms with van der Waals surface area (Å²) in [4.78, 5) is 8.87. The summed E-state index contributed by atoms with van der Waals surface area (Å²) in [5, 5.41) is 6.37. The molecule has 166 valence electrons. The van der Waals surface area contributed by atoms with Crippen LogP contribution in [-0.2, 0) is 25.8 Å². The van der Waals surface area contributed by atoms with Crippen molar-refractivity contribution >= 4 is 29.9 Å². The topological polar surface area (TPSA) is 54.2 Å². The molecule has 0 saturated heterocycles. The van der Waals surface area contributed by atoms with Crippen molar-refractivity contribution in [3.63, 3.8) is 0 Å². The Hall–Kier alpha value is -2.56. The molecular weight excluding hydrogens is 518 g/mol. The van der Waals surface area contributed by atoms with E-state index in [2.05, 4.69) is 37.3 Å². The molecule has 0 aliphatic rings. The van der Waals surface area contributed by atoms with E-state index >= 15 is 0 Å². The normalized spacial score (nSPS) is 11.7. The van der Waals surface area contributed by atoms with E-state index in [0.29, 0.717) is 24.6 Å². The molecule has 0 fully saturated rings. The van der Waals surface area contributed by atoms with Crippen molar-refractivity contribution in [2.75, 3.05) is 6.54 Å². The van der Waals surface area contributed by atoms with Gasteiger partial charge in [0, 0.05) is 25.5 Å². The van der Waals surface area contributed by atoms with Gasteiger partial charge in [0.25, 0.3) is 0 Å². The molecule has 0 aliphatic carbocycles. The molecule has 0 saturated carbocycles. The van der Waals surface area contributed by atoms with Crippen molar-refractivity contribution < 1.29 is 13.2 Å². The van der Waals surface area contributed by atoms with Gasteiger partial charge in [0.1, 0.15) is 5.82 Å². The Bertz CT molecular complexity index is 953. The van der Waals surface area contributed by atoms with Gasteiger partial charge in [-0.2, -0.15) is 13.2 Å². The van der Waals surface area contributed by atoms with Crippen LogP contribution < -0.4 is 10.6 Å². The van der Waals surface area contributed by atoms with Crippen LogP contribution in [0.2, 0.25) is 0 Å². The van der Waals surface area contributed by atoms with Gasteiger partial charge in [-0.1, -0.05) is 42.5 Å². The number of benzene rings is 2. The number of aromatic nitrogens is 2. The number of hydrogen-bond acceptors (Lipinski definition) is 2. The smallest absolute Gasteiger partial charge is 0.357 e. The average molecular weight is 543 g/mol. The van der Waals surface area contributed by atoms with E-state index in [1.54, 1.807) is 6.20 Å². The van der Waals surface area contributed by atoms with E-state index in [4.69, 9.17) is 0 Å².